The van der Waals surface area contributed by atoms with Gasteiger partial charge in [0, 0.05) is 6.20 Å². The number of ether oxygens (including phenoxy) is 1. The summed E-state index contributed by atoms with van der Waals surface area (Å²) in [5.41, 5.74) is 0.278. The third kappa shape index (κ3) is 3.61. The van der Waals surface area contributed by atoms with Gasteiger partial charge in [-0.3, -0.25) is 9.78 Å². The van der Waals surface area contributed by atoms with Crippen LogP contribution in [0, 0.1) is 0 Å². The van der Waals surface area contributed by atoms with Crippen molar-refractivity contribution >= 4 is 5.97 Å². The van der Waals surface area contributed by atoms with E-state index in [0.29, 0.717) is 12.2 Å². The van der Waals surface area contributed by atoms with Crippen LogP contribution in [0.2, 0.25) is 0 Å². The van der Waals surface area contributed by atoms with E-state index in [0.717, 1.165) is 0 Å². The summed E-state index contributed by atoms with van der Waals surface area (Å²) in [5.74, 6) is -0.385. The summed E-state index contributed by atoms with van der Waals surface area (Å²) < 4.78 is 29.0. The van der Waals surface area contributed by atoms with Gasteiger partial charge in [-0.05, 0) is 18.6 Å². The molecule has 0 aliphatic rings. The fourth-order valence-corrected chi connectivity index (χ4v) is 1.05. The van der Waals surface area contributed by atoms with Crippen LogP contribution in [0.25, 0.3) is 0 Å². The van der Waals surface area contributed by atoms with Crippen LogP contribution in [0.1, 0.15) is 24.6 Å². The van der Waals surface area contributed by atoms with Gasteiger partial charge in [0.1, 0.15) is 5.69 Å². The van der Waals surface area contributed by atoms with E-state index in [1.807, 2.05) is 0 Å². The molecule has 0 aromatic carbocycles. The molecule has 0 saturated carbocycles. The Hall–Kier alpha value is -1.52. The van der Waals surface area contributed by atoms with E-state index in [-0.39, 0.29) is 18.1 Å². The third-order valence-electron chi connectivity index (χ3n) is 1.72. The molecule has 0 unspecified atom stereocenters. The number of carbonyl (C=O) groups is 1. The first kappa shape index (κ1) is 11.6. The van der Waals surface area contributed by atoms with Crippen LogP contribution in [-0.2, 0) is 16.0 Å². The second kappa shape index (κ2) is 5.38. The topological polar surface area (TPSA) is 39.2 Å². The first-order valence-corrected chi connectivity index (χ1v) is 4.52. The van der Waals surface area contributed by atoms with Crippen molar-refractivity contribution in [2.45, 2.75) is 19.8 Å². The summed E-state index contributed by atoms with van der Waals surface area (Å²) in [5, 5.41) is 0. The van der Waals surface area contributed by atoms with Crippen molar-refractivity contribution in [3.63, 3.8) is 0 Å². The van der Waals surface area contributed by atoms with E-state index in [1.54, 1.807) is 6.92 Å². The molecule has 1 aromatic heterocycles. The molecule has 0 atom stereocenters. The molecule has 0 radical (unpaired) electrons. The molecule has 0 amide bonds. The van der Waals surface area contributed by atoms with Crippen molar-refractivity contribution in [2.75, 3.05) is 6.61 Å². The van der Waals surface area contributed by atoms with Crippen molar-refractivity contribution < 1.29 is 18.3 Å². The molecule has 0 aliphatic heterocycles. The number of esters is 1. The highest BCUT2D eigenvalue weighted by molar-refractivity contribution is 5.72. The van der Waals surface area contributed by atoms with Crippen molar-refractivity contribution in [2.24, 2.45) is 0 Å². The molecular formula is C10H11F2NO2. The molecule has 0 aliphatic carbocycles. The molecule has 0 bridgehead atoms. The van der Waals surface area contributed by atoms with Crippen LogP contribution in [0.15, 0.2) is 18.3 Å². The van der Waals surface area contributed by atoms with E-state index >= 15 is 0 Å². The average Bonchev–Trinajstić information content (AvgIpc) is 2.18. The summed E-state index contributed by atoms with van der Waals surface area (Å²) in [6.07, 6.45) is -1.26. The van der Waals surface area contributed by atoms with Crippen LogP contribution in [0.5, 0.6) is 0 Å². The van der Waals surface area contributed by atoms with Gasteiger partial charge in [0.25, 0.3) is 6.43 Å². The number of hydrogen-bond acceptors (Lipinski definition) is 3. The SMILES string of the molecule is CCOC(=O)Cc1ccc(C(F)F)nc1. The summed E-state index contributed by atoms with van der Waals surface area (Å²) in [6, 6.07) is 2.66. The van der Waals surface area contributed by atoms with Gasteiger partial charge >= 0.3 is 5.97 Å². The Kier molecular flexibility index (Phi) is 4.15. The zero-order valence-corrected chi connectivity index (χ0v) is 8.24. The van der Waals surface area contributed by atoms with Crippen LogP contribution in [0.3, 0.4) is 0 Å². The van der Waals surface area contributed by atoms with Gasteiger partial charge in [-0.15, -0.1) is 0 Å². The largest absolute Gasteiger partial charge is 0.466 e. The predicted molar refractivity (Wildman–Crippen MR) is 49.5 cm³/mol. The van der Waals surface area contributed by atoms with E-state index in [9.17, 15) is 13.6 Å². The van der Waals surface area contributed by atoms with Crippen molar-refractivity contribution in [1.82, 2.24) is 4.98 Å². The number of rotatable bonds is 4. The lowest BCUT2D eigenvalue weighted by molar-refractivity contribution is -0.142. The van der Waals surface area contributed by atoms with Crippen molar-refractivity contribution in [3.05, 3.63) is 29.6 Å². The monoisotopic (exact) mass is 215 g/mol. The molecule has 1 rings (SSSR count). The van der Waals surface area contributed by atoms with E-state index in [4.69, 9.17) is 4.74 Å². The molecule has 0 spiro atoms. The number of hydrogen-bond donors (Lipinski definition) is 0. The Balaban J connectivity index is 2.60. The fourth-order valence-electron chi connectivity index (χ4n) is 1.05. The lowest BCUT2D eigenvalue weighted by Gasteiger charge is -2.02. The minimum atomic E-state index is -2.58. The zero-order chi connectivity index (χ0) is 11.3. The lowest BCUT2D eigenvalue weighted by Crippen LogP contribution is -2.07. The number of halogens is 2. The van der Waals surface area contributed by atoms with Crippen molar-refractivity contribution in [3.8, 4) is 0 Å². The lowest BCUT2D eigenvalue weighted by atomic mass is 10.2. The first-order chi connectivity index (χ1) is 7.13. The number of alkyl halides is 2. The molecular weight excluding hydrogens is 204 g/mol. The highest BCUT2D eigenvalue weighted by Crippen LogP contribution is 2.15. The summed E-state index contributed by atoms with van der Waals surface area (Å²) in [6.45, 7) is 2.01. The molecule has 82 valence electrons. The maximum Gasteiger partial charge on any atom is 0.310 e. The van der Waals surface area contributed by atoms with Gasteiger partial charge in [-0.2, -0.15) is 0 Å². The Morgan fingerprint density at radius 3 is 2.73 bits per heavy atom. The average molecular weight is 215 g/mol. The fraction of sp³-hybridized carbons (Fsp3) is 0.400. The van der Waals surface area contributed by atoms with Gasteiger partial charge < -0.3 is 4.74 Å². The van der Waals surface area contributed by atoms with Crippen LogP contribution in [0.4, 0.5) is 8.78 Å². The maximum absolute atomic E-state index is 12.1. The molecule has 0 N–H and O–H groups in total. The standard InChI is InChI=1S/C10H11F2NO2/c1-2-15-9(14)5-7-3-4-8(10(11)12)13-6-7/h3-4,6,10H,2,5H2,1H3. The summed E-state index contributed by atoms with van der Waals surface area (Å²) in [7, 11) is 0. The summed E-state index contributed by atoms with van der Waals surface area (Å²) >= 11 is 0. The second-order valence-corrected chi connectivity index (χ2v) is 2.87. The van der Waals surface area contributed by atoms with Gasteiger partial charge in [0.05, 0.1) is 13.0 Å². The molecule has 1 aromatic rings. The normalized spacial score (nSPS) is 10.4. The van der Waals surface area contributed by atoms with Gasteiger partial charge in [-0.1, -0.05) is 6.07 Å². The predicted octanol–water partition coefficient (Wildman–Crippen LogP) is 2.12. The Bertz CT molecular complexity index is 325. The third-order valence-corrected chi connectivity index (χ3v) is 1.72. The Labute approximate surface area is 86.1 Å². The molecule has 5 heteroatoms. The van der Waals surface area contributed by atoms with Crippen LogP contribution >= 0.6 is 0 Å². The van der Waals surface area contributed by atoms with E-state index < -0.39 is 6.43 Å². The number of nitrogens with zero attached hydrogens (tertiary/aromatic N) is 1. The molecule has 1 heterocycles. The summed E-state index contributed by atoms with van der Waals surface area (Å²) in [4.78, 5) is 14.6. The highest BCUT2D eigenvalue weighted by atomic mass is 19.3. The van der Waals surface area contributed by atoms with E-state index in [1.165, 1.54) is 18.3 Å². The second-order valence-electron chi connectivity index (χ2n) is 2.87. The number of aromatic nitrogens is 1. The zero-order valence-electron chi connectivity index (χ0n) is 8.24. The Morgan fingerprint density at radius 2 is 2.27 bits per heavy atom. The molecule has 0 saturated heterocycles. The quantitative estimate of drug-likeness (QED) is 0.722. The minimum Gasteiger partial charge on any atom is -0.466 e. The molecule has 0 fully saturated rings. The van der Waals surface area contributed by atoms with Crippen LogP contribution < -0.4 is 0 Å². The first-order valence-electron chi connectivity index (χ1n) is 4.52. The van der Waals surface area contributed by atoms with Gasteiger partial charge in [0.15, 0.2) is 0 Å². The van der Waals surface area contributed by atoms with Gasteiger partial charge in [-0.25, -0.2) is 8.78 Å². The number of pyridine rings is 1. The van der Waals surface area contributed by atoms with Crippen LogP contribution in [-0.4, -0.2) is 17.6 Å². The maximum atomic E-state index is 12.1. The van der Waals surface area contributed by atoms with E-state index in [2.05, 4.69) is 4.98 Å². The Morgan fingerprint density at radius 1 is 1.53 bits per heavy atom. The van der Waals surface area contributed by atoms with Gasteiger partial charge in [0.2, 0.25) is 0 Å². The minimum absolute atomic E-state index is 0.0599. The number of carbonyl (C=O) groups excluding carboxylic acids is 1. The molecule has 3 nitrogen and oxygen atoms in total. The highest BCUT2D eigenvalue weighted by Gasteiger charge is 2.09. The molecule has 15 heavy (non-hydrogen) atoms. The van der Waals surface area contributed by atoms with Crippen molar-refractivity contribution in [1.29, 1.82) is 0 Å². The smallest absolute Gasteiger partial charge is 0.310 e.